The molecule has 2 heterocycles. The van der Waals surface area contributed by atoms with Crippen LogP contribution < -0.4 is 10.9 Å². The molecule has 1 saturated carbocycles. The average molecular weight is 335 g/mol. The number of carbonyl (C=O) groups excluding carboxylic acids is 1. The highest BCUT2D eigenvalue weighted by molar-refractivity contribution is 5.86. The number of piperidine rings is 1. The smallest absolute Gasteiger partial charge is 0.228 e. The summed E-state index contributed by atoms with van der Waals surface area (Å²) in [6.45, 7) is 3.86. The van der Waals surface area contributed by atoms with Crippen molar-refractivity contribution in [3.8, 4) is 0 Å². The third-order valence-electron chi connectivity index (χ3n) is 6.47. The average Bonchev–Trinajstić information content (AvgIpc) is 3.27. The van der Waals surface area contributed by atoms with Crippen molar-refractivity contribution < 1.29 is 4.79 Å². The standard InChI is InChI=1S/C21H25N3O/c1-21(10-11-21)20(25)24-12-9-18-17(13-24)19(23-22-18)16-8-4-6-14-5-2-3-7-15(14)16/h2-8,17-19,22-23H,9-13H2,1H3. The molecule has 0 aromatic heterocycles. The Labute approximate surface area is 148 Å². The summed E-state index contributed by atoms with van der Waals surface area (Å²) in [5.74, 6) is 0.792. The van der Waals surface area contributed by atoms with E-state index in [0.29, 0.717) is 17.9 Å². The van der Waals surface area contributed by atoms with Crippen LogP contribution in [-0.2, 0) is 4.79 Å². The fraction of sp³-hybridized carbons (Fsp3) is 0.476. The Balaban J connectivity index is 1.45. The number of nitrogens with zero attached hydrogens (tertiary/aromatic N) is 1. The fourth-order valence-corrected chi connectivity index (χ4v) is 4.60. The number of benzene rings is 2. The van der Waals surface area contributed by atoms with Gasteiger partial charge >= 0.3 is 0 Å². The van der Waals surface area contributed by atoms with Crippen LogP contribution in [0.4, 0.5) is 0 Å². The molecule has 130 valence electrons. The van der Waals surface area contributed by atoms with Crippen molar-refractivity contribution in [3.63, 3.8) is 0 Å². The van der Waals surface area contributed by atoms with E-state index in [-0.39, 0.29) is 11.5 Å². The van der Waals surface area contributed by atoms with Gasteiger partial charge in [0.15, 0.2) is 0 Å². The number of carbonyl (C=O) groups is 1. The third kappa shape index (κ3) is 2.47. The van der Waals surface area contributed by atoms with Crippen LogP contribution in [0.1, 0.15) is 37.8 Å². The number of fused-ring (bicyclic) bond motifs is 2. The van der Waals surface area contributed by atoms with E-state index in [9.17, 15) is 4.79 Å². The number of rotatable bonds is 2. The summed E-state index contributed by atoms with van der Waals surface area (Å²) < 4.78 is 0. The molecule has 2 aromatic carbocycles. The lowest BCUT2D eigenvalue weighted by Gasteiger charge is -2.37. The quantitative estimate of drug-likeness (QED) is 0.887. The second-order valence-corrected chi connectivity index (χ2v) is 8.21. The fourth-order valence-electron chi connectivity index (χ4n) is 4.60. The second kappa shape index (κ2) is 5.55. The van der Waals surface area contributed by atoms with Gasteiger partial charge < -0.3 is 4.90 Å². The molecule has 0 radical (unpaired) electrons. The first-order chi connectivity index (χ1) is 12.2. The molecule has 2 aliphatic heterocycles. The lowest BCUT2D eigenvalue weighted by molar-refractivity contribution is -0.138. The molecule has 4 heteroatoms. The monoisotopic (exact) mass is 335 g/mol. The van der Waals surface area contributed by atoms with E-state index in [4.69, 9.17) is 0 Å². The zero-order valence-corrected chi connectivity index (χ0v) is 14.7. The molecule has 0 spiro atoms. The molecule has 1 aliphatic carbocycles. The Morgan fingerprint density at radius 1 is 1.12 bits per heavy atom. The van der Waals surface area contributed by atoms with Crippen LogP contribution in [0.15, 0.2) is 42.5 Å². The number of hydrogen-bond acceptors (Lipinski definition) is 3. The lowest BCUT2D eigenvalue weighted by Crippen LogP contribution is -2.49. The van der Waals surface area contributed by atoms with E-state index in [1.54, 1.807) is 0 Å². The second-order valence-electron chi connectivity index (χ2n) is 8.21. The van der Waals surface area contributed by atoms with Gasteiger partial charge in [0.25, 0.3) is 0 Å². The number of nitrogens with one attached hydrogen (secondary N) is 2. The van der Waals surface area contributed by atoms with E-state index in [2.05, 4.69) is 65.1 Å². The zero-order valence-electron chi connectivity index (χ0n) is 14.7. The van der Waals surface area contributed by atoms with Crippen molar-refractivity contribution in [2.75, 3.05) is 13.1 Å². The molecule has 3 atom stereocenters. The predicted molar refractivity (Wildman–Crippen MR) is 98.8 cm³/mol. The van der Waals surface area contributed by atoms with Crippen LogP contribution in [-0.4, -0.2) is 29.9 Å². The van der Waals surface area contributed by atoms with Crippen LogP contribution in [0.5, 0.6) is 0 Å². The van der Waals surface area contributed by atoms with E-state index in [0.717, 1.165) is 32.4 Å². The summed E-state index contributed by atoms with van der Waals surface area (Å²) in [5, 5.41) is 2.59. The van der Waals surface area contributed by atoms with Crippen LogP contribution in [0, 0.1) is 11.3 Å². The Morgan fingerprint density at radius 2 is 1.92 bits per heavy atom. The summed E-state index contributed by atoms with van der Waals surface area (Å²) in [7, 11) is 0. The summed E-state index contributed by atoms with van der Waals surface area (Å²) in [4.78, 5) is 14.9. The maximum absolute atomic E-state index is 12.8. The Morgan fingerprint density at radius 3 is 2.76 bits per heavy atom. The van der Waals surface area contributed by atoms with Crippen LogP contribution >= 0.6 is 0 Å². The third-order valence-corrected chi connectivity index (χ3v) is 6.47. The van der Waals surface area contributed by atoms with Crippen LogP contribution in [0.3, 0.4) is 0 Å². The van der Waals surface area contributed by atoms with Crippen LogP contribution in [0.25, 0.3) is 10.8 Å². The van der Waals surface area contributed by atoms with Crippen molar-refractivity contribution in [2.45, 2.75) is 38.3 Å². The van der Waals surface area contributed by atoms with Gasteiger partial charge in [-0.25, -0.2) is 5.43 Å². The first-order valence-corrected chi connectivity index (χ1v) is 9.44. The van der Waals surface area contributed by atoms with Gasteiger partial charge in [0, 0.05) is 30.5 Å². The minimum atomic E-state index is -0.0682. The lowest BCUT2D eigenvalue weighted by atomic mass is 9.83. The number of likely N-dealkylation sites (tertiary alicyclic amines) is 1. The summed E-state index contributed by atoms with van der Waals surface area (Å²) in [5.41, 5.74) is 8.30. The SMILES string of the molecule is CC1(C(=O)N2CCC3NNC(c4cccc5ccccc45)C3C2)CC1. The van der Waals surface area contributed by atoms with Crippen molar-refractivity contribution in [2.24, 2.45) is 11.3 Å². The highest BCUT2D eigenvalue weighted by Crippen LogP contribution is 2.47. The largest absolute Gasteiger partial charge is 0.342 e. The molecule has 4 nitrogen and oxygen atoms in total. The number of hydrazine groups is 1. The highest BCUT2D eigenvalue weighted by Gasteiger charge is 2.50. The zero-order chi connectivity index (χ0) is 17.0. The predicted octanol–water partition coefficient (Wildman–Crippen LogP) is 3.01. The first kappa shape index (κ1) is 15.4. The van der Waals surface area contributed by atoms with Gasteiger partial charge in [-0.3, -0.25) is 10.2 Å². The molecule has 5 rings (SSSR count). The normalized spacial score (nSPS) is 30.3. The van der Waals surface area contributed by atoms with E-state index >= 15 is 0 Å². The van der Waals surface area contributed by atoms with Gasteiger partial charge in [-0.05, 0) is 35.6 Å². The molecular weight excluding hydrogens is 310 g/mol. The van der Waals surface area contributed by atoms with Crippen molar-refractivity contribution in [1.29, 1.82) is 0 Å². The summed E-state index contributed by atoms with van der Waals surface area (Å²) in [6.07, 6.45) is 3.14. The molecule has 2 N–H and O–H groups in total. The molecule has 0 bridgehead atoms. The first-order valence-electron chi connectivity index (χ1n) is 9.44. The summed E-state index contributed by atoms with van der Waals surface area (Å²) >= 11 is 0. The van der Waals surface area contributed by atoms with E-state index < -0.39 is 0 Å². The minimum Gasteiger partial charge on any atom is -0.342 e. The van der Waals surface area contributed by atoms with Gasteiger partial charge in [-0.2, -0.15) is 0 Å². The minimum absolute atomic E-state index is 0.0682. The number of hydrogen-bond donors (Lipinski definition) is 2. The maximum atomic E-state index is 12.8. The molecule has 3 aliphatic rings. The van der Waals surface area contributed by atoms with Gasteiger partial charge in [0.1, 0.15) is 0 Å². The molecule has 1 amide bonds. The molecule has 25 heavy (non-hydrogen) atoms. The Bertz CT molecular complexity index is 824. The Kier molecular flexibility index (Phi) is 3.41. The number of amides is 1. The maximum Gasteiger partial charge on any atom is 0.228 e. The van der Waals surface area contributed by atoms with Crippen molar-refractivity contribution >= 4 is 16.7 Å². The molecule has 3 unspecified atom stereocenters. The molecule has 2 aromatic rings. The van der Waals surface area contributed by atoms with Gasteiger partial charge in [-0.1, -0.05) is 49.4 Å². The Hall–Kier alpha value is -1.91. The van der Waals surface area contributed by atoms with Gasteiger partial charge in [0.2, 0.25) is 5.91 Å². The van der Waals surface area contributed by atoms with Crippen molar-refractivity contribution in [1.82, 2.24) is 15.8 Å². The van der Waals surface area contributed by atoms with E-state index in [1.807, 2.05) is 0 Å². The topological polar surface area (TPSA) is 44.4 Å². The van der Waals surface area contributed by atoms with Gasteiger partial charge in [-0.15, -0.1) is 0 Å². The highest BCUT2D eigenvalue weighted by atomic mass is 16.2. The van der Waals surface area contributed by atoms with Crippen LogP contribution in [0.2, 0.25) is 0 Å². The summed E-state index contributed by atoms with van der Waals surface area (Å²) in [6, 6.07) is 15.8. The molecule has 2 saturated heterocycles. The van der Waals surface area contributed by atoms with Crippen molar-refractivity contribution in [3.05, 3.63) is 48.0 Å². The molecule has 3 fully saturated rings. The van der Waals surface area contributed by atoms with Gasteiger partial charge in [0.05, 0.1) is 6.04 Å². The molecular formula is C21H25N3O. The van der Waals surface area contributed by atoms with E-state index in [1.165, 1.54) is 16.3 Å².